The fraction of sp³-hybridized carbons (Fsp3) is 0.556. The Morgan fingerprint density at radius 3 is 2.53 bits per heavy atom. The number of allylic oxidation sites excluding steroid dienone is 2. The first kappa shape index (κ1) is 31.4. The molecule has 2 aromatic rings. The zero-order valence-corrected chi connectivity index (χ0v) is 26.1. The smallest absolute Gasteiger partial charge is 0.246 e. The molecule has 3 aliphatic rings. The van der Waals surface area contributed by atoms with Crippen molar-refractivity contribution in [2.75, 3.05) is 26.7 Å². The van der Waals surface area contributed by atoms with Crippen molar-refractivity contribution in [3.63, 3.8) is 0 Å². The van der Waals surface area contributed by atoms with E-state index in [4.69, 9.17) is 14.6 Å². The summed E-state index contributed by atoms with van der Waals surface area (Å²) >= 11 is 0. The number of hydrogen-bond acceptors (Lipinski definition) is 5. The molecule has 1 saturated heterocycles. The fourth-order valence-electron chi connectivity index (χ4n) is 6.71. The van der Waals surface area contributed by atoms with Crippen LogP contribution < -0.4 is 10.1 Å². The number of carbonyl (C=O) groups is 1. The Balaban J connectivity index is 0.991. The lowest BCUT2D eigenvalue weighted by molar-refractivity contribution is -0.137. The van der Waals surface area contributed by atoms with Gasteiger partial charge in [-0.3, -0.25) is 4.79 Å². The van der Waals surface area contributed by atoms with Gasteiger partial charge < -0.3 is 14.8 Å². The number of ether oxygens (including phenoxy) is 2. The van der Waals surface area contributed by atoms with Crippen molar-refractivity contribution in [2.24, 2.45) is 16.9 Å². The van der Waals surface area contributed by atoms with Gasteiger partial charge in [0.1, 0.15) is 11.6 Å². The van der Waals surface area contributed by atoms with Gasteiger partial charge in [-0.15, -0.1) is 0 Å². The molecule has 232 valence electrons. The number of carbonyl (C=O) groups excluding carboxylic acids is 1. The van der Waals surface area contributed by atoms with Gasteiger partial charge in [-0.25, -0.2) is 9.40 Å². The van der Waals surface area contributed by atoms with E-state index < -0.39 is 0 Å². The van der Waals surface area contributed by atoms with E-state index in [9.17, 15) is 9.18 Å². The molecule has 0 radical (unpaired) electrons. The highest BCUT2D eigenvalue weighted by molar-refractivity contribution is 6.07. The normalized spacial score (nSPS) is 23.4. The Labute approximate surface area is 256 Å². The lowest BCUT2D eigenvalue weighted by Crippen LogP contribution is -2.45. The van der Waals surface area contributed by atoms with Crippen molar-refractivity contribution >= 4 is 11.6 Å². The quantitative estimate of drug-likeness (QED) is 0.192. The highest BCUT2D eigenvalue weighted by Crippen LogP contribution is 2.35. The van der Waals surface area contributed by atoms with Crippen LogP contribution in [0.15, 0.2) is 53.7 Å². The highest BCUT2D eigenvalue weighted by Gasteiger charge is 2.39. The molecule has 0 aromatic heterocycles. The Kier molecular flexibility index (Phi) is 11.0. The Morgan fingerprint density at radius 2 is 1.74 bits per heavy atom. The number of nitrogens with one attached hydrogen (secondary N) is 1. The van der Waals surface area contributed by atoms with E-state index in [-0.39, 0.29) is 29.7 Å². The van der Waals surface area contributed by atoms with Crippen LogP contribution >= 0.6 is 0 Å². The van der Waals surface area contributed by atoms with Crippen molar-refractivity contribution in [2.45, 2.75) is 90.3 Å². The largest absolute Gasteiger partial charge is 0.496 e. The van der Waals surface area contributed by atoms with Gasteiger partial charge in [0.2, 0.25) is 5.91 Å². The molecule has 4 atom stereocenters. The average Bonchev–Trinajstić information content (AvgIpc) is 3.47. The summed E-state index contributed by atoms with van der Waals surface area (Å²) in [5.74, 6) is 0.884. The van der Waals surface area contributed by atoms with Crippen molar-refractivity contribution in [3.05, 3.63) is 76.6 Å². The maximum Gasteiger partial charge on any atom is 0.246 e. The van der Waals surface area contributed by atoms with Crippen LogP contribution in [0.2, 0.25) is 0 Å². The molecule has 1 N–H and O–H groups in total. The number of halogens is 1. The van der Waals surface area contributed by atoms with Gasteiger partial charge in [0, 0.05) is 12.5 Å². The summed E-state index contributed by atoms with van der Waals surface area (Å²) in [5.41, 5.74) is 5.68. The number of nitrogens with zero attached hydrogens (tertiary/aromatic N) is 2. The van der Waals surface area contributed by atoms with Crippen LogP contribution in [0.4, 0.5) is 4.39 Å². The Morgan fingerprint density at radius 1 is 0.953 bits per heavy atom. The monoisotopic (exact) mass is 589 g/mol. The Bertz CT molecular complexity index is 1310. The molecule has 1 amide bonds. The molecule has 3 unspecified atom stereocenters. The summed E-state index contributed by atoms with van der Waals surface area (Å²) in [5, 5.41) is 10.3. The predicted molar refractivity (Wildman–Crippen MR) is 170 cm³/mol. The second-order valence-electron chi connectivity index (χ2n) is 12.5. The fourth-order valence-corrected chi connectivity index (χ4v) is 6.71. The van der Waals surface area contributed by atoms with Gasteiger partial charge >= 0.3 is 0 Å². The topological polar surface area (TPSA) is 63.2 Å². The van der Waals surface area contributed by atoms with Crippen molar-refractivity contribution in [3.8, 4) is 5.75 Å². The first-order valence-electron chi connectivity index (χ1n) is 16.2. The summed E-state index contributed by atoms with van der Waals surface area (Å²) in [6.45, 7) is 6.87. The number of rotatable bonds is 14. The molecular weight excluding hydrogens is 541 g/mol. The third-order valence-corrected chi connectivity index (χ3v) is 9.43. The number of aryl methyl sites for hydroxylation is 3. The molecule has 6 nitrogen and oxygen atoms in total. The number of hydrazone groups is 1. The van der Waals surface area contributed by atoms with Gasteiger partial charge in [0.05, 0.1) is 30.9 Å². The molecule has 43 heavy (non-hydrogen) atoms. The van der Waals surface area contributed by atoms with E-state index in [0.717, 1.165) is 99.9 Å². The summed E-state index contributed by atoms with van der Waals surface area (Å²) in [6, 6.07) is 11.3. The summed E-state index contributed by atoms with van der Waals surface area (Å²) in [6.07, 6.45) is 14.5. The number of unbranched alkanes of at least 4 members (excludes halogenated alkanes) is 2. The molecule has 1 aliphatic carbocycles. The van der Waals surface area contributed by atoms with Crippen molar-refractivity contribution in [1.29, 1.82) is 0 Å². The molecule has 0 spiro atoms. The van der Waals surface area contributed by atoms with E-state index in [1.807, 2.05) is 0 Å². The van der Waals surface area contributed by atoms with Crippen LogP contribution in [0.3, 0.4) is 0 Å². The second-order valence-corrected chi connectivity index (χ2v) is 12.5. The summed E-state index contributed by atoms with van der Waals surface area (Å²) in [4.78, 5) is 13.3. The lowest BCUT2D eigenvalue weighted by atomic mass is 9.76. The van der Waals surface area contributed by atoms with Gasteiger partial charge in [-0.2, -0.15) is 5.10 Å². The standard InChI is InChI=1S/C36H48FN3O3/c1-25-11-12-28(23-26(25)2)35-32-9-5-6-10-33(32)36(41)40(39-35)22-8-4-7-20-38-21-19-31-17-16-30(43-31)15-13-27-24-29(37)14-18-34(27)42-3/h5-6,11-12,14,18,23-24,30-33,38H,4,7-10,13,15-17,19-22H2,1-3H3/t30?,31?,32?,33-/m1/s1. The van der Waals surface area contributed by atoms with Gasteiger partial charge in [0.15, 0.2) is 0 Å². The molecule has 5 rings (SSSR count). The minimum absolute atomic E-state index is 0.00217. The van der Waals surface area contributed by atoms with E-state index in [2.05, 4.69) is 49.5 Å². The van der Waals surface area contributed by atoms with E-state index in [1.165, 1.54) is 17.2 Å². The molecular formula is C36H48FN3O3. The third kappa shape index (κ3) is 8.12. The maximum absolute atomic E-state index is 13.7. The summed E-state index contributed by atoms with van der Waals surface area (Å²) in [7, 11) is 1.63. The van der Waals surface area contributed by atoms with Crippen LogP contribution in [0, 0.1) is 31.5 Å². The highest BCUT2D eigenvalue weighted by atomic mass is 19.1. The SMILES string of the molecule is COc1ccc(F)cc1CCC1CCC(CCNCCCCCN2N=C(c3ccc(C)c(C)c3)C3CC=CC[C@H]3C2=O)O1. The zero-order chi connectivity index (χ0) is 30.2. The molecule has 1 fully saturated rings. The number of amides is 1. The van der Waals surface area contributed by atoms with Crippen LogP contribution in [-0.4, -0.2) is 55.6 Å². The first-order valence-corrected chi connectivity index (χ1v) is 16.2. The summed E-state index contributed by atoms with van der Waals surface area (Å²) < 4.78 is 25.3. The predicted octanol–water partition coefficient (Wildman–Crippen LogP) is 6.91. The number of hydrogen-bond donors (Lipinski definition) is 1. The van der Waals surface area contributed by atoms with Crippen molar-refractivity contribution < 1.29 is 18.7 Å². The molecule has 0 bridgehead atoms. The van der Waals surface area contributed by atoms with Crippen LogP contribution in [-0.2, 0) is 16.0 Å². The molecule has 0 saturated carbocycles. The second kappa shape index (κ2) is 15.1. The number of fused-ring (bicyclic) bond motifs is 1. The molecule has 7 heteroatoms. The van der Waals surface area contributed by atoms with E-state index in [0.29, 0.717) is 12.6 Å². The van der Waals surface area contributed by atoms with Gasteiger partial charge in [-0.05, 0) is 131 Å². The van der Waals surface area contributed by atoms with Crippen molar-refractivity contribution in [1.82, 2.24) is 10.3 Å². The first-order chi connectivity index (χ1) is 20.9. The average molecular weight is 590 g/mol. The third-order valence-electron chi connectivity index (χ3n) is 9.43. The number of methoxy groups -OCH3 is 1. The molecule has 2 aromatic carbocycles. The Hall–Kier alpha value is -3.03. The minimum Gasteiger partial charge on any atom is -0.496 e. The van der Waals surface area contributed by atoms with Gasteiger partial charge in [-0.1, -0.05) is 30.7 Å². The molecule has 2 aliphatic heterocycles. The van der Waals surface area contributed by atoms with Gasteiger partial charge in [0.25, 0.3) is 0 Å². The maximum atomic E-state index is 13.7. The van der Waals surface area contributed by atoms with Crippen LogP contribution in [0.25, 0.3) is 0 Å². The lowest BCUT2D eigenvalue weighted by Gasteiger charge is -2.37. The van der Waals surface area contributed by atoms with Crippen LogP contribution in [0.5, 0.6) is 5.75 Å². The van der Waals surface area contributed by atoms with E-state index in [1.54, 1.807) is 24.3 Å². The molecule has 2 heterocycles. The van der Waals surface area contributed by atoms with Crippen LogP contribution in [0.1, 0.15) is 80.0 Å². The van der Waals surface area contributed by atoms with E-state index >= 15 is 0 Å². The zero-order valence-electron chi connectivity index (χ0n) is 26.1. The number of benzene rings is 2. The minimum atomic E-state index is -0.224.